The second kappa shape index (κ2) is 10.0. The molecule has 1 fully saturated rings. The zero-order valence-corrected chi connectivity index (χ0v) is 20.5. The molecule has 1 aromatic carbocycles. The van der Waals surface area contributed by atoms with Crippen molar-refractivity contribution in [2.45, 2.75) is 58.9 Å². The van der Waals surface area contributed by atoms with E-state index in [0.29, 0.717) is 24.7 Å². The summed E-state index contributed by atoms with van der Waals surface area (Å²) in [6, 6.07) is 9.30. The first kappa shape index (κ1) is 24.7. The molecule has 0 aliphatic carbocycles. The summed E-state index contributed by atoms with van der Waals surface area (Å²) in [4.78, 5) is 24.8. The van der Waals surface area contributed by atoms with Crippen molar-refractivity contribution in [1.82, 2.24) is 14.9 Å². The fourth-order valence-electron chi connectivity index (χ4n) is 4.43. The van der Waals surface area contributed by atoms with Crippen LogP contribution in [0.4, 0.5) is 5.82 Å². The number of Topliss-reactive ketones (excluding diaryl/α,β-unsaturated/α-hetero) is 1. The summed E-state index contributed by atoms with van der Waals surface area (Å²) in [5, 5.41) is 8.73. The van der Waals surface area contributed by atoms with Crippen molar-refractivity contribution in [2.24, 2.45) is 11.1 Å². The fourth-order valence-corrected chi connectivity index (χ4v) is 4.43. The molecule has 35 heavy (non-hydrogen) atoms. The van der Waals surface area contributed by atoms with E-state index in [0.717, 1.165) is 36.1 Å². The zero-order valence-electron chi connectivity index (χ0n) is 20.5. The third-order valence-corrected chi connectivity index (χ3v) is 6.05. The maximum Gasteiger partial charge on any atom is 0.254 e. The van der Waals surface area contributed by atoms with Gasteiger partial charge in [-0.2, -0.15) is 5.10 Å². The maximum atomic E-state index is 12.6. The molecule has 9 heteroatoms. The third-order valence-electron chi connectivity index (χ3n) is 6.05. The molecule has 2 aromatic heterocycles. The number of amides is 1. The number of benzene rings is 1. The summed E-state index contributed by atoms with van der Waals surface area (Å²) >= 11 is 0. The minimum absolute atomic E-state index is 0.0297. The van der Waals surface area contributed by atoms with E-state index in [1.807, 2.05) is 30.3 Å². The molecular weight excluding hydrogens is 446 g/mol. The Hall–Kier alpha value is -3.46. The highest BCUT2D eigenvalue weighted by Crippen LogP contribution is 2.32. The van der Waals surface area contributed by atoms with Gasteiger partial charge in [0.1, 0.15) is 28.6 Å². The van der Waals surface area contributed by atoms with Crippen LogP contribution in [0.25, 0.3) is 11.3 Å². The van der Waals surface area contributed by atoms with Crippen LogP contribution in [-0.4, -0.2) is 39.8 Å². The van der Waals surface area contributed by atoms with Gasteiger partial charge in [0.25, 0.3) is 5.91 Å². The van der Waals surface area contributed by atoms with Crippen molar-refractivity contribution in [2.75, 3.05) is 18.9 Å². The van der Waals surface area contributed by atoms with Crippen molar-refractivity contribution in [3.63, 3.8) is 0 Å². The first-order valence-electron chi connectivity index (χ1n) is 11.9. The molecule has 4 N–H and O–H groups in total. The molecule has 1 saturated heterocycles. The number of ether oxygens (including phenoxy) is 1. The lowest BCUT2D eigenvalue weighted by Crippen LogP contribution is -2.22. The minimum Gasteiger partial charge on any atom is -0.383 e. The van der Waals surface area contributed by atoms with E-state index in [2.05, 4.69) is 31.0 Å². The number of hydrogen-bond acceptors (Lipinski definition) is 7. The molecule has 186 valence electrons. The number of carbonyl (C=O) groups excluding carboxylic acids is 2. The third kappa shape index (κ3) is 5.97. The Morgan fingerprint density at radius 1 is 1.11 bits per heavy atom. The molecule has 0 saturated carbocycles. The molecule has 0 bridgehead atoms. The summed E-state index contributed by atoms with van der Waals surface area (Å²) in [6.45, 7) is 7.64. The highest BCUT2D eigenvalue weighted by atomic mass is 16.5. The Bertz CT molecular complexity index is 1200. The molecule has 1 aliphatic heterocycles. The van der Waals surface area contributed by atoms with E-state index < -0.39 is 5.91 Å². The van der Waals surface area contributed by atoms with Crippen LogP contribution in [0.1, 0.15) is 67.0 Å². The first-order valence-corrected chi connectivity index (χ1v) is 11.9. The molecule has 4 rings (SSSR count). The van der Waals surface area contributed by atoms with Gasteiger partial charge in [-0.1, -0.05) is 50.2 Å². The average Bonchev–Trinajstić information content (AvgIpc) is 3.37. The molecule has 0 unspecified atom stereocenters. The Morgan fingerprint density at radius 2 is 1.80 bits per heavy atom. The van der Waals surface area contributed by atoms with Crippen LogP contribution < -0.4 is 11.5 Å². The lowest BCUT2D eigenvalue weighted by atomic mass is 9.90. The topological polar surface area (TPSA) is 139 Å². The molecule has 0 radical (unpaired) electrons. The van der Waals surface area contributed by atoms with Gasteiger partial charge in [0.05, 0.1) is 18.2 Å². The Balaban J connectivity index is 1.46. The van der Waals surface area contributed by atoms with Crippen molar-refractivity contribution in [1.29, 1.82) is 0 Å². The Labute approximate surface area is 204 Å². The van der Waals surface area contributed by atoms with Crippen LogP contribution in [0.2, 0.25) is 0 Å². The van der Waals surface area contributed by atoms with E-state index >= 15 is 0 Å². The number of nitrogens with zero attached hydrogens (tertiary/aromatic N) is 3. The number of rotatable bonds is 8. The molecule has 1 amide bonds. The lowest BCUT2D eigenvalue weighted by Gasteiger charge is -2.23. The van der Waals surface area contributed by atoms with Crippen molar-refractivity contribution >= 4 is 17.5 Å². The quantitative estimate of drug-likeness (QED) is 0.504. The van der Waals surface area contributed by atoms with Crippen molar-refractivity contribution in [3.8, 4) is 11.3 Å². The summed E-state index contributed by atoms with van der Waals surface area (Å²) in [6.07, 6.45) is 2.78. The Kier molecular flexibility index (Phi) is 7.07. The summed E-state index contributed by atoms with van der Waals surface area (Å²) in [5.41, 5.74) is 15.1. The van der Waals surface area contributed by atoms with Crippen molar-refractivity contribution in [3.05, 3.63) is 52.9 Å². The van der Waals surface area contributed by atoms with Crippen molar-refractivity contribution < 1.29 is 18.8 Å². The zero-order chi connectivity index (χ0) is 25.2. The standard InChI is InChI=1S/C26H33N5O4/c1-26(2,3)15-18-13-21(35-30-18)14-20(32)12-16-4-6-17(7-5-16)23-22(25(28)33)24(27)31(29-23)19-8-10-34-11-9-19/h4-7,13,19H,8-12,14-15,27H2,1-3H3,(H2,28,33). The number of hydrogen-bond donors (Lipinski definition) is 2. The highest BCUT2D eigenvalue weighted by molar-refractivity contribution is 6.03. The molecular formula is C26H33N5O4. The van der Waals surface area contributed by atoms with Gasteiger partial charge in [-0.05, 0) is 30.2 Å². The number of nitrogens with two attached hydrogens (primary N) is 2. The number of nitrogen functional groups attached to an aromatic ring is 1. The van der Waals surface area contributed by atoms with E-state index in [1.165, 1.54) is 0 Å². The number of primary amides is 1. The first-order chi connectivity index (χ1) is 16.6. The molecule has 0 atom stereocenters. The van der Waals surface area contributed by atoms with E-state index in [1.54, 1.807) is 4.68 Å². The monoisotopic (exact) mass is 479 g/mol. The van der Waals surface area contributed by atoms with Crippen LogP contribution in [0.5, 0.6) is 0 Å². The largest absolute Gasteiger partial charge is 0.383 e. The molecule has 9 nitrogen and oxygen atoms in total. The van der Waals surface area contributed by atoms with E-state index in [9.17, 15) is 9.59 Å². The fraction of sp³-hybridized carbons (Fsp3) is 0.462. The van der Waals surface area contributed by atoms with Gasteiger partial charge >= 0.3 is 0 Å². The molecule has 0 spiro atoms. The van der Waals surface area contributed by atoms with Crippen LogP contribution in [-0.2, 0) is 28.8 Å². The van der Waals surface area contributed by atoms with E-state index in [4.69, 9.17) is 20.7 Å². The minimum atomic E-state index is -0.618. The molecule has 3 aromatic rings. The predicted molar refractivity (Wildman–Crippen MR) is 132 cm³/mol. The van der Waals surface area contributed by atoms with Gasteiger partial charge in [0.15, 0.2) is 0 Å². The normalized spacial score (nSPS) is 14.8. The maximum absolute atomic E-state index is 12.6. The van der Waals surface area contributed by atoms with E-state index in [-0.39, 0.29) is 41.5 Å². The number of aromatic nitrogens is 3. The Morgan fingerprint density at radius 3 is 2.43 bits per heavy atom. The SMILES string of the molecule is CC(C)(C)Cc1cc(CC(=O)Cc2ccc(-c3nn(C4CCOCC4)c(N)c3C(N)=O)cc2)on1. The smallest absolute Gasteiger partial charge is 0.254 e. The van der Waals surface area contributed by atoms with Gasteiger partial charge in [-0.3, -0.25) is 9.59 Å². The lowest BCUT2D eigenvalue weighted by molar-refractivity contribution is -0.118. The van der Waals surface area contributed by atoms with Crippen LogP contribution >= 0.6 is 0 Å². The second-order valence-electron chi connectivity index (χ2n) is 10.4. The molecule has 3 heterocycles. The summed E-state index contributed by atoms with van der Waals surface area (Å²) in [7, 11) is 0. The number of carbonyl (C=O) groups is 2. The highest BCUT2D eigenvalue weighted by Gasteiger charge is 2.26. The van der Waals surface area contributed by atoms with Crippen LogP contribution in [0.3, 0.4) is 0 Å². The second-order valence-corrected chi connectivity index (χ2v) is 10.4. The molecule has 1 aliphatic rings. The number of anilines is 1. The summed E-state index contributed by atoms with van der Waals surface area (Å²) < 4.78 is 12.5. The van der Waals surface area contributed by atoms with Gasteiger partial charge in [-0.15, -0.1) is 0 Å². The predicted octanol–water partition coefficient (Wildman–Crippen LogP) is 3.51. The van der Waals surface area contributed by atoms with Crippen LogP contribution in [0.15, 0.2) is 34.9 Å². The van der Waals surface area contributed by atoms with Gasteiger partial charge in [0.2, 0.25) is 0 Å². The number of ketones is 1. The average molecular weight is 480 g/mol. The van der Waals surface area contributed by atoms with Crippen LogP contribution in [0, 0.1) is 5.41 Å². The van der Waals surface area contributed by atoms with Gasteiger partial charge < -0.3 is 20.7 Å². The van der Waals surface area contributed by atoms with Gasteiger partial charge in [-0.25, -0.2) is 4.68 Å². The summed E-state index contributed by atoms with van der Waals surface area (Å²) in [5.74, 6) is 0.262. The van der Waals surface area contributed by atoms with Gasteiger partial charge in [0, 0.05) is 31.3 Å².